The van der Waals surface area contributed by atoms with E-state index in [4.69, 9.17) is 9.84 Å². The van der Waals surface area contributed by atoms with Crippen LogP contribution in [0.4, 0.5) is 5.69 Å². The summed E-state index contributed by atoms with van der Waals surface area (Å²) in [4.78, 5) is 22.9. The van der Waals surface area contributed by atoms with E-state index in [1.807, 2.05) is 0 Å². The van der Waals surface area contributed by atoms with Crippen molar-refractivity contribution >= 4 is 17.5 Å². The van der Waals surface area contributed by atoms with Crippen LogP contribution in [0.1, 0.15) is 6.42 Å². The third-order valence-corrected chi connectivity index (χ3v) is 2.31. The Labute approximate surface area is 117 Å². The molecule has 0 fully saturated rings. The minimum atomic E-state index is -0.748. The highest BCUT2D eigenvalue weighted by atomic mass is 16.5. The van der Waals surface area contributed by atoms with Gasteiger partial charge in [-0.15, -0.1) is 0 Å². The molecule has 3 N–H and O–H groups in total. The minimum Gasteiger partial charge on any atom is -0.490 e. The molecule has 2 amide bonds. The van der Waals surface area contributed by atoms with Crippen molar-refractivity contribution in [2.45, 2.75) is 6.42 Å². The highest BCUT2D eigenvalue weighted by molar-refractivity contribution is 6.39. The molecule has 0 aliphatic rings. The fourth-order valence-electron chi connectivity index (χ4n) is 1.34. The highest BCUT2D eigenvalue weighted by Crippen LogP contribution is 2.15. The summed E-state index contributed by atoms with van der Waals surface area (Å²) in [6.45, 7) is 4.17. The quantitative estimate of drug-likeness (QED) is 0.389. The number of aliphatic hydroxyl groups excluding tert-OH is 1. The van der Waals surface area contributed by atoms with Crippen LogP contribution < -0.4 is 15.4 Å². The Hall–Kier alpha value is -2.34. The summed E-state index contributed by atoms with van der Waals surface area (Å²) < 4.78 is 5.29. The van der Waals surface area contributed by atoms with Gasteiger partial charge < -0.3 is 20.5 Å². The number of hydrogen-bond acceptors (Lipinski definition) is 4. The Morgan fingerprint density at radius 1 is 1.25 bits per heavy atom. The second-order valence-corrected chi connectivity index (χ2v) is 3.91. The molecule has 0 saturated heterocycles. The predicted octanol–water partition coefficient (Wildman–Crippen LogP) is 0.688. The maximum absolute atomic E-state index is 11.5. The summed E-state index contributed by atoms with van der Waals surface area (Å²) in [6, 6.07) is 6.64. The molecular formula is C14H18N2O4. The first-order chi connectivity index (χ1) is 9.67. The van der Waals surface area contributed by atoms with Crippen molar-refractivity contribution < 1.29 is 19.4 Å². The van der Waals surface area contributed by atoms with Gasteiger partial charge in [0.1, 0.15) is 12.4 Å². The van der Waals surface area contributed by atoms with Gasteiger partial charge in [-0.05, 0) is 30.7 Å². The molecule has 1 rings (SSSR count). The normalized spacial score (nSPS) is 9.65. The largest absolute Gasteiger partial charge is 0.490 e. The summed E-state index contributed by atoms with van der Waals surface area (Å²) in [6.07, 6.45) is 2.04. The molecule has 1 aromatic rings. The zero-order valence-corrected chi connectivity index (χ0v) is 11.1. The lowest BCUT2D eigenvalue weighted by atomic mass is 10.3. The second-order valence-electron chi connectivity index (χ2n) is 3.91. The maximum atomic E-state index is 11.5. The van der Waals surface area contributed by atoms with Gasteiger partial charge in [-0.25, -0.2) is 0 Å². The number of hydrogen-bond donors (Lipinski definition) is 3. The molecule has 0 saturated carbocycles. The van der Waals surface area contributed by atoms with Gasteiger partial charge >= 0.3 is 11.8 Å². The number of carbonyl (C=O) groups is 2. The van der Waals surface area contributed by atoms with Crippen LogP contribution in [0, 0.1) is 0 Å². The predicted molar refractivity (Wildman–Crippen MR) is 75.5 cm³/mol. The van der Waals surface area contributed by atoms with E-state index in [1.54, 1.807) is 30.3 Å². The van der Waals surface area contributed by atoms with Crippen LogP contribution in [0.15, 0.2) is 36.9 Å². The molecule has 0 spiro atoms. The molecule has 0 aromatic heterocycles. The van der Waals surface area contributed by atoms with E-state index < -0.39 is 11.8 Å². The van der Waals surface area contributed by atoms with E-state index in [1.165, 1.54) is 0 Å². The van der Waals surface area contributed by atoms with Gasteiger partial charge in [0.05, 0.1) is 0 Å². The van der Waals surface area contributed by atoms with Crippen LogP contribution >= 0.6 is 0 Å². The Morgan fingerprint density at radius 3 is 2.55 bits per heavy atom. The standard InChI is InChI=1S/C14H18N2O4/c1-2-10-20-12-6-4-11(5-7-12)16-14(19)13(18)15-8-3-9-17/h2,4-7,17H,1,3,8-10H2,(H,15,18)(H,16,19). The lowest BCUT2D eigenvalue weighted by Crippen LogP contribution is -2.36. The third-order valence-electron chi connectivity index (χ3n) is 2.31. The Kier molecular flexibility index (Phi) is 6.84. The molecule has 0 heterocycles. The van der Waals surface area contributed by atoms with Gasteiger partial charge in [-0.1, -0.05) is 12.7 Å². The number of anilines is 1. The molecule has 0 aliphatic heterocycles. The number of benzene rings is 1. The first-order valence-corrected chi connectivity index (χ1v) is 6.21. The van der Waals surface area contributed by atoms with Crippen molar-refractivity contribution in [2.24, 2.45) is 0 Å². The maximum Gasteiger partial charge on any atom is 0.313 e. The van der Waals surface area contributed by atoms with Gasteiger partial charge in [0.2, 0.25) is 0 Å². The van der Waals surface area contributed by atoms with Gasteiger partial charge in [-0.2, -0.15) is 0 Å². The molecule has 20 heavy (non-hydrogen) atoms. The molecule has 1 aromatic carbocycles. The zero-order valence-electron chi connectivity index (χ0n) is 11.1. The monoisotopic (exact) mass is 278 g/mol. The van der Waals surface area contributed by atoms with Crippen molar-refractivity contribution in [3.05, 3.63) is 36.9 Å². The number of carbonyl (C=O) groups excluding carboxylic acids is 2. The summed E-state index contributed by atoms with van der Waals surface area (Å²) >= 11 is 0. The number of rotatable bonds is 7. The summed E-state index contributed by atoms with van der Waals surface area (Å²) in [5.41, 5.74) is 0.498. The van der Waals surface area contributed by atoms with Crippen molar-refractivity contribution in [2.75, 3.05) is 25.1 Å². The Morgan fingerprint density at radius 2 is 1.95 bits per heavy atom. The molecule has 0 aliphatic carbocycles. The summed E-state index contributed by atoms with van der Waals surface area (Å²) in [7, 11) is 0. The summed E-state index contributed by atoms with van der Waals surface area (Å²) in [5.74, 6) is -0.830. The fourth-order valence-corrected chi connectivity index (χ4v) is 1.34. The number of amides is 2. The molecule has 6 nitrogen and oxygen atoms in total. The Balaban J connectivity index is 2.45. The first-order valence-electron chi connectivity index (χ1n) is 6.21. The zero-order chi connectivity index (χ0) is 14.8. The van der Waals surface area contributed by atoms with E-state index in [0.29, 0.717) is 24.5 Å². The lowest BCUT2D eigenvalue weighted by Gasteiger charge is -2.07. The van der Waals surface area contributed by atoms with Crippen LogP contribution in [0.5, 0.6) is 5.75 Å². The van der Waals surface area contributed by atoms with Gasteiger partial charge in [0.25, 0.3) is 0 Å². The molecule has 0 radical (unpaired) electrons. The molecule has 0 unspecified atom stereocenters. The van der Waals surface area contributed by atoms with E-state index in [9.17, 15) is 9.59 Å². The van der Waals surface area contributed by atoms with Crippen LogP contribution in [0.25, 0.3) is 0 Å². The number of aliphatic hydroxyl groups is 1. The van der Waals surface area contributed by atoms with Crippen LogP contribution in [-0.2, 0) is 9.59 Å². The molecule has 0 bridgehead atoms. The minimum absolute atomic E-state index is 0.0337. The molecular weight excluding hydrogens is 260 g/mol. The lowest BCUT2D eigenvalue weighted by molar-refractivity contribution is -0.136. The van der Waals surface area contributed by atoms with Crippen LogP contribution in [0.2, 0.25) is 0 Å². The van der Waals surface area contributed by atoms with E-state index >= 15 is 0 Å². The van der Waals surface area contributed by atoms with E-state index in [0.717, 1.165) is 0 Å². The van der Waals surface area contributed by atoms with E-state index in [-0.39, 0.29) is 13.2 Å². The number of ether oxygens (including phenoxy) is 1. The Bertz CT molecular complexity index is 457. The number of nitrogens with one attached hydrogen (secondary N) is 2. The van der Waals surface area contributed by atoms with Crippen molar-refractivity contribution in [3.63, 3.8) is 0 Å². The van der Waals surface area contributed by atoms with Gasteiger partial charge in [-0.3, -0.25) is 9.59 Å². The fraction of sp³-hybridized carbons (Fsp3) is 0.286. The highest BCUT2D eigenvalue weighted by Gasteiger charge is 2.12. The topological polar surface area (TPSA) is 87.7 Å². The second kappa shape index (κ2) is 8.71. The van der Waals surface area contributed by atoms with Crippen molar-refractivity contribution in [3.8, 4) is 5.75 Å². The summed E-state index contributed by atoms with van der Waals surface area (Å²) in [5, 5.41) is 13.4. The van der Waals surface area contributed by atoms with Crippen LogP contribution in [-0.4, -0.2) is 36.7 Å². The molecule has 108 valence electrons. The smallest absolute Gasteiger partial charge is 0.313 e. The van der Waals surface area contributed by atoms with Crippen molar-refractivity contribution in [1.29, 1.82) is 0 Å². The average molecular weight is 278 g/mol. The van der Waals surface area contributed by atoms with Gasteiger partial charge in [0, 0.05) is 18.8 Å². The third kappa shape index (κ3) is 5.53. The molecule has 6 heteroatoms. The van der Waals surface area contributed by atoms with Crippen LogP contribution in [0.3, 0.4) is 0 Å². The van der Waals surface area contributed by atoms with E-state index in [2.05, 4.69) is 17.2 Å². The first kappa shape index (κ1) is 15.7. The van der Waals surface area contributed by atoms with Crippen molar-refractivity contribution in [1.82, 2.24) is 5.32 Å². The molecule has 0 atom stereocenters. The SMILES string of the molecule is C=CCOc1ccc(NC(=O)C(=O)NCCCO)cc1. The van der Waals surface area contributed by atoms with Gasteiger partial charge in [0.15, 0.2) is 0 Å². The average Bonchev–Trinajstić information content (AvgIpc) is 2.46.